The fourth-order valence-corrected chi connectivity index (χ4v) is 1.43. The predicted octanol–water partition coefficient (Wildman–Crippen LogP) is 0.633. The number of esters is 1. The Morgan fingerprint density at radius 2 is 2.18 bits per heavy atom. The van der Waals surface area contributed by atoms with E-state index in [1.165, 1.54) is 6.92 Å². The second-order valence-electron chi connectivity index (χ2n) is 4.27. The minimum Gasteiger partial charge on any atom is -0.463 e. The smallest absolute Gasteiger partial charge is 0.302 e. The van der Waals surface area contributed by atoms with E-state index in [1.54, 1.807) is 20.8 Å². The van der Waals surface area contributed by atoms with Crippen molar-refractivity contribution in [2.75, 3.05) is 13.2 Å². The molecule has 0 aromatic heterocycles. The number of hydrogen-bond acceptors (Lipinski definition) is 6. The molecule has 6 heteroatoms. The first-order valence-electron chi connectivity index (χ1n) is 5.43. The molecule has 1 aliphatic rings. The highest BCUT2D eigenvalue weighted by molar-refractivity contribution is 5.84. The summed E-state index contributed by atoms with van der Waals surface area (Å²) in [7, 11) is 0. The maximum Gasteiger partial charge on any atom is 0.302 e. The largest absolute Gasteiger partial charge is 0.463 e. The summed E-state index contributed by atoms with van der Waals surface area (Å²) >= 11 is 0. The monoisotopic (exact) mass is 246 g/mol. The topological polar surface area (TPSA) is 71.1 Å². The van der Waals surface area contributed by atoms with Crippen LogP contribution in [0.25, 0.3) is 0 Å². The Labute approximate surface area is 100 Å². The van der Waals surface area contributed by atoms with Crippen molar-refractivity contribution in [3.05, 3.63) is 0 Å². The first-order chi connectivity index (χ1) is 7.80. The highest BCUT2D eigenvalue weighted by Crippen LogP contribution is 2.19. The Bertz CT molecular complexity index is 298. The van der Waals surface area contributed by atoms with Crippen LogP contribution >= 0.6 is 0 Å². The normalized spacial score (nSPS) is 29.3. The summed E-state index contributed by atoms with van der Waals surface area (Å²) in [4.78, 5) is 22.4. The molecule has 1 heterocycles. The van der Waals surface area contributed by atoms with Gasteiger partial charge in [-0.05, 0) is 20.8 Å². The van der Waals surface area contributed by atoms with Crippen LogP contribution in [0, 0.1) is 0 Å². The van der Waals surface area contributed by atoms with Gasteiger partial charge in [-0.25, -0.2) is 0 Å². The van der Waals surface area contributed by atoms with Crippen LogP contribution in [0.5, 0.6) is 0 Å². The molecule has 0 aromatic carbocycles. The Balaban J connectivity index is 2.61. The lowest BCUT2D eigenvalue weighted by molar-refractivity contribution is -0.306. The first-order valence-corrected chi connectivity index (χ1v) is 5.43. The quantitative estimate of drug-likeness (QED) is 0.666. The number of hydrogen-bond donors (Lipinski definition) is 0. The maximum absolute atomic E-state index is 11.7. The third kappa shape index (κ3) is 4.80. The molecule has 1 rings (SSSR count). The second-order valence-corrected chi connectivity index (χ2v) is 4.27. The Morgan fingerprint density at radius 1 is 1.53 bits per heavy atom. The summed E-state index contributed by atoms with van der Waals surface area (Å²) in [5.41, 5.74) is 0. The third-order valence-corrected chi connectivity index (χ3v) is 2.16. The van der Waals surface area contributed by atoms with Crippen LogP contribution in [0.3, 0.4) is 0 Å². The van der Waals surface area contributed by atoms with E-state index in [1.807, 2.05) is 0 Å². The fourth-order valence-electron chi connectivity index (χ4n) is 1.43. The average Bonchev–Trinajstić information content (AvgIpc) is 2.18. The SMILES string of the molecule is CC(=O)OC[C@H]1O[C@@H](C)OC(C)(C)OCC1=O. The molecular formula is C11H18O6. The van der Waals surface area contributed by atoms with E-state index in [0.29, 0.717) is 0 Å². The van der Waals surface area contributed by atoms with Crippen molar-refractivity contribution in [3.8, 4) is 0 Å². The molecule has 0 radical (unpaired) electrons. The van der Waals surface area contributed by atoms with Gasteiger partial charge in [0, 0.05) is 6.92 Å². The van der Waals surface area contributed by atoms with E-state index in [-0.39, 0.29) is 19.0 Å². The molecule has 0 aromatic rings. The predicted molar refractivity (Wildman–Crippen MR) is 57.1 cm³/mol. The fraction of sp³-hybridized carbons (Fsp3) is 0.818. The minimum atomic E-state index is -0.874. The van der Waals surface area contributed by atoms with Crippen LogP contribution in [-0.2, 0) is 28.5 Å². The van der Waals surface area contributed by atoms with Gasteiger partial charge in [-0.15, -0.1) is 0 Å². The molecule has 0 unspecified atom stereocenters. The number of Topliss-reactive ketones (excluding diaryl/α,β-unsaturated/α-hetero) is 1. The summed E-state index contributed by atoms with van der Waals surface area (Å²) in [5, 5.41) is 0. The lowest BCUT2D eigenvalue weighted by atomic mass is 10.2. The molecule has 0 amide bonds. The standard InChI is InChI=1S/C11H18O6/c1-7(12)14-6-10-9(13)5-15-11(3,4)17-8(2)16-10/h8,10H,5-6H2,1-4H3/t8-,10-/m1/s1. The lowest BCUT2D eigenvalue weighted by Gasteiger charge is -2.33. The van der Waals surface area contributed by atoms with Crippen molar-refractivity contribution < 1.29 is 28.5 Å². The zero-order chi connectivity index (χ0) is 13.1. The Kier molecular flexibility index (Phi) is 4.62. The molecule has 0 saturated carbocycles. The van der Waals surface area contributed by atoms with Gasteiger partial charge < -0.3 is 18.9 Å². The number of carbonyl (C=O) groups excluding carboxylic acids is 2. The van der Waals surface area contributed by atoms with Gasteiger partial charge in [0.2, 0.25) is 0 Å². The van der Waals surface area contributed by atoms with Crippen LogP contribution in [0.1, 0.15) is 27.7 Å². The number of carbonyl (C=O) groups is 2. The zero-order valence-corrected chi connectivity index (χ0v) is 10.5. The van der Waals surface area contributed by atoms with E-state index in [4.69, 9.17) is 18.9 Å². The molecule has 6 nitrogen and oxygen atoms in total. The summed E-state index contributed by atoms with van der Waals surface area (Å²) in [6.45, 7) is 6.08. The Morgan fingerprint density at radius 3 is 2.76 bits per heavy atom. The molecule has 0 spiro atoms. The van der Waals surface area contributed by atoms with Gasteiger partial charge in [0.25, 0.3) is 0 Å². The first kappa shape index (κ1) is 14.1. The highest BCUT2D eigenvalue weighted by Gasteiger charge is 2.32. The van der Waals surface area contributed by atoms with E-state index in [9.17, 15) is 9.59 Å². The van der Waals surface area contributed by atoms with Gasteiger partial charge in [0.05, 0.1) is 0 Å². The van der Waals surface area contributed by atoms with Crippen molar-refractivity contribution in [1.82, 2.24) is 0 Å². The van der Waals surface area contributed by atoms with Gasteiger partial charge in [0.15, 0.2) is 24.0 Å². The number of ketones is 1. The van der Waals surface area contributed by atoms with Crippen LogP contribution in [0.2, 0.25) is 0 Å². The molecule has 0 bridgehead atoms. The summed E-state index contributed by atoms with van der Waals surface area (Å²) in [6, 6.07) is 0. The molecular weight excluding hydrogens is 228 g/mol. The van der Waals surface area contributed by atoms with Crippen molar-refractivity contribution in [1.29, 1.82) is 0 Å². The van der Waals surface area contributed by atoms with Gasteiger partial charge in [0.1, 0.15) is 13.2 Å². The highest BCUT2D eigenvalue weighted by atomic mass is 16.8. The summed E-state index contributed by atoms with van der Waals surface area (Å²) < 4.78 is 20.8. The summed E-state index contributed by atoms with van der Waals surface area (Å²) in [5.74, 6) is -1.60. The van der Waals surface area contributed by atoms with Crippen LogP contribution in [0.4, 0.5) is 0 Å². The minimum absolute atomic E-state index is 0.119. The molecule has 0 aliphatic carbocycles. The van der Waals surface area contributed by atoms with Crippen LogP contribution in [-0.4, -0.2) is 43.1 Å². The van der Waals surface area contributed by atoms with Crippen molar-refractivity contribution in [3.63, 3.8) is 0 Å². The summed E-state index contributed by atoms with van der Waals surface area (Å²) in [6.07, 6.45) is -1.46. The molecule has 0 N–H and O–H groups in total. The Hall–Kier alpha value is -0.980. The molecule has 98 valence electrons. The van der Waals surface area contributed by atoms with Crippen molar-refractivity contribution in [2.24, 2.45) is 0 Å². The lowest BCUT2D eigenvalue weighted by Crippen LogP contribution is -2.45. The van der Waals surface area contributed by atoms with Gasteiger partial charge >= 0.3 is 5.97 Å². The average molecular weight is 246 g/mol. The van der Waals surface area contributed by atoms with Gasteiger partial charge in [-0.2, -0.15) is 0 Å². The molecule has 2 atom stereocenters. The van der Waals surface area contributed by atoms with Crippen molar-refractivity contribution in [2.45, 2.75) is 45.9 Å². The molecule has 17 heavy (non-hydrogen) atoms. The molecule has 1 aliphatic heterocycles. The maximum atomic E-state index is 11.7. The van der Waals surface area contributed by atoms with Crippen LogP contribution < -0.4 is 0 Å². The van der Waals surface area contributed by atoms with E-state index in [2.05, 4.69) is 0 Å². The zero-order valence-electron chi connectivity index (χ0n) is 10.5. The molecule has 1 saturated heterocycles. The van der Waals surface area contributed by atoms with Gasteiger partial charge in [-0.3, -0.25) is 9.59 Å². The number of rotatable bonds is 2. The van der Waals surface area contributed by atoms with Crippen molar-refractivity contribution >= 4 is 11.8 Å². The van der Waals surface area contributed by atoms with Gasteiger partial charge in [-0.1, -0.05) is 0 Å². The third-order valence-electron chi connectivity index (χ3n) is 2.16. The van der Waals surface area contributed by atoms with E-state index >= 15 is 0 Å². The van der Waals surface area contributed by atoms with E-state index < -0.39 is 24.2 Å². The number of ether oxygens (including phenoxy) is 4. The second kappa shape index (κ2) is 5.57. The van der Waals surface area contributed by atoms with E-state index in [0.717, 1.165) is 0 Å². The molecule has 1 fully saturated rings. The van der Waals surface area contributed by atoms with Crippen LogP contribution in [0.15, 0.2) is 0 Å².